The summed E-state index contributed by atoms with van der Waals surface area (Å²) in [4.78, 5) is 4.05. The molecule has 2 aromatic rings. The second-order valence-electron chi connectivity index (χ2n) is 4.57. The lowest BCUT2D eigenvalue weighted by Crippen LogP contribution is -2.29. The summed E-state index contributed by atoms with van der Waals surface area (Å²) in [6, 6.07) is 11.4. The van der Waals surface area contributed by atoms with Gasteiger partial charge in [-0.1, -0.05) is 12.1 Å². The van der Waals surface area contributed by atoms with Crippen LogP contribution < -0.4 is 10.9 Å². The molecular formula is C15H15N3O. The quantitative estimate of drug-likeness (QED) is 0.767. The number of hydrogen-bond donors (Lipinski definition) is 3. The van der Waals surface area contributed by atoms with E-state index in [9.17, 15) is 5.11 Å². The molecule has 1 aliphatic rings. The first-order valence-electron chi connectivity index (χ1n) is 6.21. The van der Waals surface area contributed by atoms with Crippen molar-refractivity contribution in [1.82, 2.24) is 15.8 Å². The van der Waals surface area contributed by atoms with Gasteiger partial charge in [-0.15, -0.1) is 0 Å². The van der Waals surface area contributed by atoms with Gasteiger partial charge in [0.15, 0.2) is 0 Å². The first-order chi connectivity index (χ1) is 9.25. The zero-order chi connectivity index (χ0) is 13.2. The fourth-order valence-corrected chi connectivity index (χ4v) is 2.35. The highest BCUT2D eigenvalue weighted by Crippen LogP contribution is 2.31. The van der Waals surface area contributed by atoms with Gasteiger partial charge >= 0.3 is 0 Å². The second kappa shape index (κ2) is 4.74. The zero-order valence-corrected chi connectivity index (χ0v) is 10.6. The molecule has 3 rings (SSSR count). The van der Waals surface area contributed by atoms with Crippen molar-refractivity contribution in [2.45, 2.75) is 13.0 Å². The molecule has 0 saturated heterocycles. The Bertz CT molecular complexity index is 622. The molecule has 1 aromatic carbocycles. The molecule has 0 fully saturated rings. The van der Waals surface area contributed by atoms with Crippen LogP contribution in [-0.2, 0) is 0 Å². The molecule has 0 bridgehead atoms. The number of rotatable bonds is 2. The maximum Gasteiger partial charge on any atom is 0.116 e. The van der Waals surface area contributed by atoms with Gasteiger partial charge in [-0.2, -0.15) is 0 Å². The molecule has 96 valence electrons. The second-order valence-corrected chi connectivity index (χ2v) is 4.57. The standard InChI is InChI=1S/C15H15N3O/c1-10-14(11-5-7-16-8-6-11)15(18-17-10)12-3-2-4-13(19)9-12/h2-10,17-19H,1H3. The van der Waals surface area contributed by atoms with Crippen LogP contribution >= 0.6 is 0 Å². The van der Waals surface area contributed by atoms with Crippen LogP contribution in [0.1, 0.15) is 18.1 Å². The van der Waals surface area contributed by atoms with Crippen LogP contribution in [0.15, 0.2) is 48.8 Å². The monoisotopic (exact) mass is 253 g/mol. The number of hydrogen-bond acceptors (Lipinski definition) is 4. The number of nitrogens with zero attached hydrogens (tertiary/aromatic N) is 1. The Labute approximate surface area is 111 Å². The normalized spacial score (nSPS) is 18.5. The molecular weight excluding hydrogens is 238 g/mol. The molecule has 4 heteroatoms. The van der Waals surface area contributed by atoms with E-state index in [0.717, 1.165) is 16.8 Å². The van der Waals surface area contributed by atoms with Crippen molar-refractivity contribution < 1.29 is 5.11 Å². The summed E-state index contributed by atoms with van der Waals surface area (Å²) in [5.41, 5.74) is 10.7. The van der Waals surface area contributed by atoms with Gasteiger partial charge in [0, 0.05) is 23.5 Å². The van der Waals surface area contributed by atoms with Crippen LogP contribution in [0.2, 0.25) is 0 Å². The molecule has 19 heavy (non-hydrogen) atoms. The van der Waals surface area contributed by atoms with Gasteiger partial charge in [0.05, 0.1) is 11.7 Å². The summed E-state index contributed by atoms with van der Waals surface area (Å²) >= 11 is 0. The molecule has 1 aliphatic heterocycles. The predicted octanol–water partition coefficient (Wildman–Crippen LogP) is 2.15. The van der Waals surface area contributed by atoms with Crippen LogP contribution in [0.4, 0.5) is 0 Å². The molecule has 1 aromatic heterocycles. The third-order valence-electron chi connectivity index (χ3n) is 3.24. The first-order valence-corrected chi connectivity index (χ1v) is 6.21. The summed E-state index contributed by atoms with van der Waals surface area (Å²) < 4.78 is 0. The van der Waals surface area contributed by atoms with E-state index in [-0.39, 0.29) is 11.8 Å². The summed E-state index contributed by atoms with van der Waals surface area (Å²) in [7, 11) is 0. The Hall–Kier alpha value is -2.33. The molecule has 0 aliphatic carbocycles. The van der Waals surface area contributed by atoms with Gasteiger partial charge in [0.2, 0.25) is 0 Å². The molecule has 0 radical (unpaired) electrons. The highest BCUT2D eigenvalue weighted by atomic mass is 16.3. The number of pyridine rings is 1. The molecule has 1 unspecified atom stereocenters. The first kappa shape index (κ1) is 11.7. The smallest absolute Gasteiger partial charge is 0.116 e. The van der Waals surface area contributed by atoms with Crippen LogP contribution in [0, 0.1) is 0 Å². The highest BCUT2D eigenvalue weighted by Gasteiger charge is 2.23. The van der Waals surface area contributed by atoms with Crippen molar-refractivity contribution in [3.05, 3.63) is 59.9 Å². The van der Waals surface area contributed by atoms with Crippen molar-refractivity contribution in [2.75, 3.05) is 0 Å². The van der Waals surface area contributed by atoms with Crippen molar-refractivity contribution in [3.8, 4) is 5.75 Å². The Morgan fingerprint density at radius 1 is 1.11 bits per heavy atom. The summed E-state index contributed by atoms with van der Waals surface area (Å²) in [6.07, 6.45) is 3.57. The Balaban J connectivity index is 2.14. The lowest BCUT2D eigenvalue weighted by Gasteiger charge is -2.09. The van der Waals surface area contributed by atoms with E-state index in [1.165, 1.54) is 5.57 Å². The van der Waals surface area contributed by atoms with Gasteiger partial charge in [-0.3, -0.25) is 4.98 Å². The Morgan fingerprint density at radius 2 is 1.89 bits per heavy atom. The van der Waals surface area contributed by atoms with E-state index in [4.69, 9.17) is 0 Å². The van der Waals surface area contributed by atoms with E-state index in [1.807, 2.05) is 24.3 Å². The number of phenols is 1. The lowest BCUT2D eigenvalue weighted by molar-refractivity contribution is 0.475. The van der Waals surface area contributed by atoms with Crippen LogP contribution in [0.5, 0.6) is 5.75 Å². The Morgan fingerprint density at radius 3 is 2.63 bits per heavy atom. The molecule has 0 amide bonds. The number of aromatic nitrogens is 1. The molecule has 1 atom stereocenters. The van der Waals surface area contributed by atoms with Gasteiger partial charge in [0.1, 0.15) is 5.75 Å². The number of phenolic OH excluding ortho intramolecular Hbond substituents is 1. The maximum absolute atomic E-state index is 9.62. The van der Waals surface area contributed by atoms with E-state index < -0.39 is 0 Å². The highest BCUT2D eigenvalue weighted by molar-refractivity contribution is 5.93. The van der Waals surface area contributed by atoms with Crippen LogP contribution in [0.3, 0.4) is 0 Å². The van der Waals surface area contributed by atoms with Crippen LogP contribution in [-0.4, -0.2) is 16.1 Å². The fraction of sp³-hybridized carbons (Fsp3) is 0.133. The average Bonchev–Trinajstić information content (AvgIpc) is 2.82. The molecule has 2 heterocycles. The minimum atomic E-state index is 0.194. The van der Waals surface area contributed by atoms with Gasteiger partial charge in [0.25, 0.3) is 0 Å². The maximum atomic E-state index is 9.62. The van der Waals surface area contributed by atoms with E-state index in [1.54, 1.807) is 24.5 Å². The molecule has 0 saturated carbocycles. The SMILES string of the molecule is CC1NNC(c2cccc(O)c2)=C1c1ccncc1. The zero-order valence-electron chi connectivity index (χ0n) is 10.6. The fourth-order valence-electron chi connectivity index (χ4n) is 2.35. The third-order valence-corrected chi connectivity index (χ3v) is 3.24. The molecule has 4 nitrogen and oxygen atoms in total. The largest absolute Gasteiger partial charge is 0.508 e. The van der Waals surface area contributed by atoms with Crippen molar-refractivity contribution >= 4 is 11.3 Å². The van der Waals surface area contributed by atoms with Gasteiger partial charge < -0.3 is 10.5 Å². The third kappa shape index (κ3) is 2.18. The van der Waals surface area contributed by atoms with Crippen molar-refractivity contribution in [1.29, 1.82) is 0 Å². The van der Waals surface area contributed by atoms with Gasteiger partial charge in [-0.25, -0.2) is 5.43 Å². The predicted molar refractivity (Wildman–Crippen MR) is 74.9 cm³/mol. The molecule has 0 spiro atoms. The minimum absolute atomic E-state index is 0.194. The minimum Gasteiger partial charge on any atom is -0.508 e. The van der Waals surface area contributed by atoms with E-state index in [0.29, 0.717) is 0 Å². The number of aromatic hydroxyl groups is 1. The average molecular weight is 253 g/mol. The van der Waals surface area contributed by atoms with E-state index in [2.05, 4.69) is 22.8 Å². The summed E-state index contributed by atoms with van der Waals surface area (Å²) in [5.74, 6) is 0.264. The molecule has 3 N–H and O–H groups in total. The van der Waals surface area contributed by atoms with E-state index >= 15 is 0 Å². The topological polar surface area (TPSA) is 57.2 Å². The number of benzene rings is 1. The lowest BCUT2D eigenvalue weighted by atomic mass is 9.97. The number of nitrogens with one attached hydrogen (secondary N) is 2. The van der Waals surface area contributed by atoms with Gasteiger partial charge in [-0.05, 0) is 36.8 Å². The van der Waals surface area contributed by atoms with Crippen molar-refractivity contribution in [3.63, 3.8) is 0 Å². The summed E-state index contributed by atoms with van der Waals surface area (Å²) in [6.45, 7) is 2.10. The summed E-state index contributed by atoms with van der Waals surface area (Å²) in [5, 5.41) is 9.62. The number of hydrazine groups is 1. The van der Waals surface area contributed by atoms with Crippen LogP contribution in [0.25, 0.3) is 11.3 Å². The van der Waals surface area contributed by atoms with Crippen molar-refractivity contribution in [2.24, 2.45) is 0 Å². The Kier molecular flexibility index (Phi) is 2.93.